The molecule has 33 heavy (non-hydrogen) atoms. The van der Waals surface area contributed by atoms with Gasteiger partial charge in [-0.3, -0.25) is 4.79 Å². The van der Waals surface area contributed by atoms with Crippen LogP contribution in [0.15, 0.2) is 0 Å². The Labute approximate surface area is 214 Å². The van der Waals surface area contributed by atoms with Crippen molar-refractivity contribution in [1.29, 1.82) is 0 Å². The van der Waals surface area contributed by atoms with E-state index in [-0.39, 0.29) is 18.4 Å². The number of hydrogen-bond donors (Lipinski definition) is 0. The second-order valence-electron chi connectivity index (χ2n) is 10.5. The predicted molar refractivity (Wildman–Crippen MR) is 141 cm³/mol. The average molecular weight is 490 g/mol. The second kappa shape index (κ2) is 26.3. The van der Waals surface area contributed by atoms with E-state index in [2.05, 4.69) is 20.9 Å². The van der Waals surface area contributed by atoms with Crippen molar-refractivity contribution in [3.05, 3.63) is 0 Å². The molecular formula is C29H60ClNO2. The summed E-state index contributed by atoms with van der Waals surface area (Å²) in [5, 5.41) is 0. The number of esters is 1. The highest BCUT2D eigenvalue weighted by atomic mass is 35.5. The van der Waals surface area contributed by atoms with Crippen molar-refractivity contribution in [3.8, 4) is 0 Å². The molecule has 0 fully saturated rings. The largest absolute Gasteiger partial charge is 1.00 e. The van der Waals surface area contributed by atoms with Crippen molar-refractivity contribution in [1.82, 2.24) is 0 Å². The van der Waals surface area contributed by atoms with Gasteiger partial charge in [0.05, 0.1) is 20.1 Å². The normalized spacial score (nSPS) is 11.4. The van der Waals surface area contributed by atoms with Gasteiger partial charge in [-0.15, -0.1) is 0 Å². The molecule has 0 saturated heterocycles. The van der Waals surface area contributed by atoms with Crippen molar-refractivity contribution in [3.63, 3.8) is 0 Å². The molecular weight excluding hydrogens is 430 g/mol. The van der Waals surface area contributed by atoms with Crippen molar-refractivity contribution in [2.75, 3.05) is 33.3 Å². The molecule has 0 aliphatic rings. The van der Waals surface area contributed by atoms with E-state index in [1.165, 1.54) is 148 Å². The topological polar surface area (TPSA) is 26.3 Å². The van der Waals surface area contributed by atoms with Crippen molar-refractivity contribution >= 4 is 5.97 Å². The fraction of sp³-hybridized carbons (Fsp3) is 0.966. The highest BCUT2D eigenvalue weighted by Gasteiger charge is 2.21. The zero-order chi connectivity index (χ0) is 23.8. The molecule has 0 aromatic carbocycles. The number of rotatable bonds is 25. The van der Waals surface area contributed by atoms with Crippen LogP contribution in [0.4, 0.5) is 0 Å². The third-order valence-corrected chi connectivity index (χ3v) is 7.04. The van der Waals surface area contributed by atoms with E-state index in [1.54, 1.807) is 0 Å². The van der Waals surface area contributed by atoms with Crippen molar-refractivity contribution < 1.29 is 26.4 Å². The number of nitrogens with zero attached hydrogens (tertiary/aromatic N) is 1. The molecule has 0 unspecified atom stereocenters. The van der Waals surface area contributed by atoms with Gasteiger partial charge in [-0.05, 0) is 25.7 Å². The lowest BCUT2D eigenvalue weighted by Gasteiger charge is -2.34. The van der Waals surface area contributed by atoms with E-state index >= 15 is 0 Å². The van der Waals surface area contributed by atoms with Gasteiger partial charge in [-0.1, -0.05) is 117 Å². The number of hydrogen-bond acceptors (Lipinski definition) is 2. The Hall–Kier alpha value is -0.280. The Morgan fingerprint density at radius 2 is 0.848 bits per heavy atom. The summed E-state index contributed by atoms with van der Waals surface area (Å²) < 4.78 is 6.35. The maximum Gasteiger partial charge on any atom is 0.302 e. The van der Waals surface area contributed by atoms with Crippen LogP contribution in [0.3, 0.4) is 0 Å². The summed E-state index contributed by atoms with van der Waals surface area (Å²) in [6, 6.07) is 0. The molecule has 0 aromatic heterocycles. The number of likely N-dealkylation sites (N-methyl/N-ethyl adjacent to an activating group) is 1. The summed E-state index contributed by atoms with van der Waals surface area (Å²) >= 11 is 0. The van der Waals surface area contributed by atoms with E-state index < -0.39 is 0 Å². The number of carbonyl (C=O) groups is 1. The second-order valence-corrected chi connectivity index (χ2v) is 10.5. The molecule has 3 nitrogen and oxygen atoms in total. The Morgan fingerprint density at radius 3 is 1.15 bits per heavy atom. The van der Waals surface area contributed by atoms with Gasteiger partial charge in [0.2, 0.25) is 0 Å². The van der Waals surface area contributed by atoms with Crippen LogP contribution < -0.4 is 12.4 Å². The van der Waals surface area contributed by atoms with Crippen LogP contribution in [-0.4, -0.2) is 43.7 Å². The van der Waals surface area contributed by atoms with Gasteiger partial charge < -0.3 is 21.6 Å². The quantitative estimate of drug-likeness (QED) is 0.0914. The lowest BCUT2D eigenvalue weighted by molar-refractivity contribution is -0.910. The van der Waals surface area contributed by atoms with Crippen molar-refractivity contribution in [2.45, 2.75) is 149 Å². The summed E-state index contributed by atoms with van der Waals surface area (Å²) in [7, 11) is 2.38. The molecule has 0 spiro atoms. The maximum absolute atomic E-state index is 11.2. The van der Waals surface area contributed by atoms with Gasteiger partial charge in [0.15, 0.2) is 0 Å². The number of halogens is 1. The molecule has 0 heterocycles. The Morgan fingerprint density at radius 1 is 0.545 bits per heavy atom. The molecule has 0 saturated carbocycles. The minimum Gasteiger partial charge on any atom is -1.00 e. The van der Waals surface area contributed by atoms with Gasteiger partial charge in [0.25, 0.3) is 0 Å². The van der Waals surface area contributed by atoms with Gasteiger partial charge in [-0.2, -0.15) is 0 Å². The van der Waals surface area contributed by atoms with E-state index in [4.69, 9.17) is 4.74 Å². The highest BCUT2D eigenvalue weighted by molar-refractivity contribution is 5.65. The first-order valence-corrected chi connectivity index (χ1v) is 14.5. The first-order valence-electron chi connectivity index (χ1n) is 14.5. The molecule has 0 N–H and O–H groups in total. The molecule has 0 bridgehead atoms. The summed E-state index contributed by atoms with van der Waals surface area (Å²) in [5.74, 6) is -0.144. The summed E-state index contributed by atoms with van der Waals surface area (Å²) in [6.07, 6.45) is 27.8. The van der Waals surface area contributed by atoms with E-state index in [0.717, 1.165) is 11.0 Å². The summed E-state index contributed by atoms with van der Waals surface area (Å²) in [6.45, 7) is 10.1. The minimum absolute atomic E-state index is 0. The molecule has 4 heteroatoms. The van der Waals surface area contributed by atoms with Gasteiger partial charge >= 0.3 is 5.97 Å². The number of carbonyl (C=O) groups excluding carboxylic acids is 1. The van der Waals surface area contributed by atoms with E-state index in [1.807, 2.05) is 0 Å². The predicted octanol–water partition coefficient (Wildman–Crippen LogP) is 5.84. The maximum atomic E-state index is 11.2. The summed E-state index contributed by atoms with van der Waals surface area (Å²) in [4.78, 5) is 11.2. The SMILES string of the molecule is CCCCCCCCCCCC[N+](C)(CCCCCCCCCCCC)CCOC(C)=O.[Cl-]. The van der Waals surface area contributed by atoms with Gasteiger partial charge in [0, 0.05) is 6.92 Å². The molecule has 0 aliphatic carbocycles. The zero-order valence-electron chi connectivity index (χ0n) is 23.1. The van der Waals surface area contributed by atoms with E-state index in [0.29, 0.717) is 6.61 Å². The van der Waals surface area contributed by atoms with E-state index in [9.17, 15) is 4.79 Å². The molecule has 0 rings (SSSR count). The number of unbranched alkanes of at least 4 members (excludes halogenated alkanes) is 18. The molecule has 0 aromatic rings. The minimum atomic E-state index is -0.144. The third kappa shape index (κ3) is 26.2. The van der Waals surface area contributed by atoms with Gasteiger partial charge in [0.1, 0.15) is 13.2 Å². The highest BCUT2D eigenvalue weighted by Crippen LogP contribution is 2.15. The molecule has 0 radical (unpaired) electrons. The van der Waals surface area contributed by atoms with Crippen LogP contribution in [0.2, 0.25) is 0 Å². The summed E-state index contributed by atoms with van der Waals surface area (Å²) in [5.41, 5.74) is 0. The lowest BCUT2D eigenvalue weighted by Crippen LogP contribution is -3.00. The third-order valence-electron chi connectivity index (χ3n) is 7.04. The Bertz CT molecular complexity index is 379. The van der Waals surface area contributed by atoms with Crippen LogP contribution >= 0.6 is 0 Å². The van der Waals surface area contributed by atoms with Gasteiger partial charge in [-0.25, -0.2) is 0 Å². The van der Waals surface area contributed by atoms with Crippen LogP contribution in [0.5, 0.6) is 0 Å². The fourth-order valence-corrected chi connectivity index (χ4v) is 4.71. The average Bonchev–Trinajstić information content (AvgIpc) is 2.76. The smallest absolute Gasteiger partial charge is 0.302 e. The monoisotopic (exact) mass is 489 g/mol. The molecule has 0 amide bonds. The number of quaternary nitrogens is 1. The number of ether oxygens (including phenoxy) is 1. The lowest BCUT2D eigenvalue weighted by atomic mass is 10.1. The Kier molecular flexibility index (Phi) is 27.8. The fourth-order valence-electron chi connectivity index (χ4n) is 4.71. The zero-order valence-corrected chi connectivity index (χ0v) is 23.9. The van der Waals surface area contributed by atoms with Crippen LogP contribution in [0.1, 0.15) is 149 Å². The molecule has 200 valence electrons. The van der Waals surface area contributed by atoms with Crippen LogP contribution in [-0.2, 0) is 9.53 Å². The molecule has 0 aliphatic heterocycles. The first-order chi connectivity index (χ1) is 15.5. The first kappa shape index (κ1) is 34.9. The van der Waals surface area contributed by atoms with Crippen LogP contribution in [0.25, 0.3) is 0 Å². The van der Waals surface area contributed by atoms with Crippen LogP contribution in [0, 0.1) is 0 Å². The molecule has 0 atom stereocenters. The van der Waals surface area contributed by atoms with Crippen molar-refractivity contribution in [2.24, 2.45) is 0 Å². The Balaban J connectivity index is 0. The standard InChI is InChI=1S/C29H60NO2.ClH/c1-5-7-9-11-13-15-17-19-21-23-25-30(4,27-28-32-29(3)31)26-24-22-20-18-16-14-12-10-8-6-2;/h5-28H2,1-4H3;1H/q+1;/p-1.